The van der Waals surface area contributed by atoms with Crippen LogP contribution < -0.4 is 5.32 Å². The summed E-state index contributed by atoms with van der Waals surface area (Å²) in [6.45, 7) is 9.89. The van der Waals surface area contributed by atoms with Crippen LogP contribution in [0.15, 0.2) is 0 Å². The second-order valence-electron chi connectivity index (χ2n) is 6.33. The molecule has 1 N–H and O–H groups in total. The highest BCUT2D eigenvalue weighted by atomic mass is 16.5. The van der Waals surface area contributed by atoms with Gasteiger partial charge in [0.25, 0.3) is 0 Å². The van der Waals surface area contributed by atoms with Crippen molar-refractivity contribution in [3.05, 3.63) is 0 Å². The number of nitrogens with one attached hydrogen (secondary N) is 1. The summed E-state index contributed by atoms with van der Waals surface area (Å²) in [5, 5.41) is 3.60. The van der Waals surface area contributed by atoms with Gasteiger partial charge in [-0.3, -0.25) is 0 Å². The lowest BCUT2D eigenvalue weighted by Gasteiger charge is -2.29. The summed E-state index contributed by atoms with van der Waals surface area (Å²) in [6, 6.07) is 0.607. The molecule has 0 aromatic carbocycles. The second-order valence-corrected chi connectivity index (χ2v) is 6.33. The van der Waals surface area contributed by atoms with Crippen LogP contribution in [-0.2, 0) is 4.74 Å². The van der Waals surface area contributed by atoms with E-state index in [9.17, 15) is 0 Å². The van der Waals surface area contributed by atoms with Gasteiger partial charge < -0.3 is 10.1 Å². The zero-order chi connectivity index (χ0) is 14.6. The van der Waals surface area contributed by atoms with Gasteiger partial charge in [-0.2, -0.15) is 0 Å². The molecule has 0 saturated carbocycles. The molecule has 1 atom stereocenters. The van der Waals surface area contributed by atoms with Crippen molar-refractivity contribution < 1.29 is 4.74 Å². The SMILES string of the molecule is CCCCCCCCCC(CC(C)(C)OC)NCC. The van der Waals surface area contributed by atoms with Crippen molar-refractivity contribution in [2.45, 2.75) is 97.1 Å². The van der Waals surface area contributed by atoms with Gasteiger partial charge in [-0.05, 0) is 33.2 Å². The van der Waals surface area contributed by atoms with Gasteiger partial charge in [-0.25, -0.2) is 0 Å². The number of rotatable bonds is 13. The summed E-state index contributed by atoms with van der Waals surface area (Å²) < 4.78 is 5.55. The number of hydrogen-bond donors (Lipinski definition) is 1. The van der Waals surface area contributed by atoms with Crippen LogP contribution >= 0.6 is 0 Å². The molecule has 2 heteroatoms. The van der Waals surface area contributed by atoms with E-state index in [1.54, 1.807) is 0 Å². The standard InChI is InChI=1S/C17H37NO/c1-6-8-9-10-11-12-13-14-16(18-7-2)15-17(3,4)19-5/h16,18H,6-15H2,1-5H3. The average Bonchev–Trinajstić information content (AvgIpc) is 2.37. The summed E-state index contributed by atoms with van der Waals surface area (Å²) >= 11 is 0. The van der Waals surface area contributed by atoms with E-state index < -0.39 is 0 Å². The van der Waals surface area contributed by atoms with Gasteiger partial charge in [0, 0.05) is 13.2 Å². The Kier molecular flexibility index (Phi) is 11.7. The van der Waals surface area contributed by atoms with Gasteiger partial charge in [0.05, 0.1) is 5.60 Å². The van der Waals surface area contributed by atoms with Crippen molar-refractivity contribution >= 4 is 0 Å². The molecule has 2 nitrogen and oxygen atoms in total. The van der Waals surface area contributed by atoms with Crippen LogP contribution in [0.1, 0.15) is 85.5 Å². The molecule has 0 radical (unpaired) electrons. The minimum Gasteiger partial charge on any atom is -0.379 e. The Bertz CT molecular complexity index is 192. The van der Waals surface area contributed by atoms with Crippen LogP contribution in [0.5, 0.6) is 0 Å². The highest BCUT2D eigenvalue weighted by molar-refractivity contribution is 4.78. The van der Waals surface area contributed by atoms with Gasteiger partial charge >= 0.3 is 0 Å². The minimum atomic E-state index is -0.00599. The van der Waals surface area contributed by atoms with E-state index in [-0.39, 0.29) is 5.60 Å². The maximum atomic E-state index is 5.55. The largest absolute Gasteiger partial charge is 0.379 e. The van der Waals surface area contributed by atoms with Gasteiger partial charge in [-0.1, -0.05) is 58.8 Å². The zero-order valence-electron chi connectivity index (χ0n) is 14.1. The van der Waals surface area contributed by atoms with E-state index in [1.165, 1.54) is 51.4 Å². The van der Waals surface area contributed by atoms with Crippen molar-refractivity contribution in [2.75, 3.05) is 13.7 Å². The molecule has 116 valence electrons. The Morgan fingerprint density at radius 1 is 0.947 bits per heavy atom. The molecule has 0 aromatic heterocycles. The highest BCUT2D eigenvalue weighted by Gasteiger charge is 2.21. The van der Waals surface area contributed by atoms with Crippen LogP contribution in [0.4, 0.5) is 0 Å². The van der Waals surface area contributed by atoms with Crippen molar-refractivity contribution in [2.24, 2.45) is 0 Å². The Morgan fingerprint density at radius 3 is 2.05 bits per heavy atom. The first-order valence-electron chi connectivity index (χ1n) is 8.34. The van der Waals surface area contributed by atoms with E-state index >= 15 is 0 Å². The van der Waals surface area contributed by atoms with Crippen LogP contribution in [-0.4, -0.2) is 25.3 Å². The Labute approximate surface area is 121 Å². The molecule has 1 unspecified atom stereocenters. The fraction of sp³-hybridized carbons (Fsp3) is 1.00. The van der Waals surface area contributed by atoms with Crippen molar-refractivity contribution in [3.63, 3.8) is 0 Å². The first kappa shape index (κ1) is 18.9. The van der Waals surface area contributed by atoms with Crippen molar-refractivity contribution in [1.82, 2.24) is 5.32 Å². The predicted octanol–water partition coefficient (Wildman–Crippen LogP) is 4.92. The molecular formula is C17H37NO. The van der Waals surface area contributed by atoms with E-state index in [2.05, 4.69) is 33.0 Å². The fourth-order valence-electron chi connectivity index (χ4n) is 2.59. The van der Waals surface area contributed by atoms with E-state index in [0.29, 0.717) is 6.04 Å². The van der Waals surface area contributed by atoms with Gasteiger partial charge in [-0.15, -0.1) is 0 Å². The van der Waals surface area contributed by atoms with Crippen LogP contribution in [0.25, 0.3) is 0 Å². The monoisotopic (exact) mass is 271 g/mol. The highest BCUT2D eigenvalue weighted by Crippen LogP contribution is 2.19. The molecular weight excluding hydrogens is 234 g/mol. The van der Waals surface area contributed by atoms with Gasteiger partial charge in [0.2, 0.25) is 0 Å². The number of unbranched alkanes of at least 4 members (excludes halogenated alkanes) is 6. The van der Waals surface area contributed by atoms with Gasteiger partial charge in [0.1, 0.15) is 0 Å². The third-order valence-electron chi connectivity index (χ3n) is 3.94. The summed E-state index contributed by atoms with van der Waals surface area (Å²) in [7, 11) is 1.82. The molecule has 0 bridgehead atoms. The maximum absolute atomic E-state index is 5.55. The Morgan fingerprint density at radius 2 is 1.53 bits per heavy atom. The van der Waals surface area contributed by atoms with Crippen LogP contribution in [0.2, 0.25) is 0 Å². The molecule has 0 aliphatic rings. The average molecular weight is 271 g/mol. The quantitative estimate of drug-likeness (QED) is 0.480. The zero-order valence-corrected chi connectivity index (χ0v) is 14.1. The Hall–Kier alpha value is -0.0800. The van der Waals surface area contributed by atoms with Crippen molar-refractivity contribution in [3.8, 4) is 0 Å². The molecule has 0 fully saturated rings. The predicted molar refractivity (Wildman–Crippen MR) is 85.8 cm³/mol. The lowest BCUT2D eigenvalue weighted by molar-refractivity contribution is 0.00633. The molecule has 0 spiro atoms. The van der Waals surface area contributed by atoms with Crippen molar-refractivity contribution in [1.29, 1.82) is 0 Å². The number of methoxy groups -OCH3 is 1. The molecule has 0 rings (SSSR count). The van der Waals surface area contributed by atoms with Crippen LogP contribution in [0.3, 0.4) is 0 Å². The summed E-state index contributed by atoms with van der Waals surface area (Å²) in [4.78, 5) is 0. The maximum Gasteiger partial charge on any atom is 0.0637 e. The molecule has 0 aliphatic heterocycles. The lowest BCUT2D eigenvalue weighted by atomic mass is 9.94. The second kappa shape index (κ2) is 11.7. The smallest absolute Gasteiger partial charge is 0.0637 e. The molecule has 0 amide bonds. The summed E-state index contributed by atoms with van der Waals surface area (Å²) in [5.74, 6) is 0. The molecule has 0 aliphatic carbocycles. The first-order valence-corrected chi connectivity index (χ1v) is 8.34. The summed E-state index contributed by atoms with van der Waals surface area (Å²) in [6.07, 6.45) is 12.1. The summed E-state index contributed by atoms with van der Waals surface area (Å²) in [5.41, 5.74) is -0.00599. The van der Waals surface area contributed by atoms with E-state index in [1.807, 2.05) is 7.11 Å². The Balaban J connectivity index is 3.70. The number of hydrogen-bond acceptors (Lipinski definition) is 2. The molecule has 0 aromatic rings. The first-order chi connectivity index (χ1) is 9.05. The van der Waals surface area contributed by atoms with Gasteiger partial charge in [0.15, 0.2) is 0 Å². The third-order valence-corrected chi connectivity index (χ3v) is 3.94. The fourth-order valence-corrected chi connectivity index (χ4v) is 2.59. The minimum absolute atomic E-state index is 0.00599. The lowest BCUT2D eigenvalue weighted by Crippen LogP contribution is -2.37. The topological polar surface area (TPSA) is 21.3 Å². The number of ether oxygens (including phenoxy) is 1. The molecule has 0 heterocycles. The van der Waals surface area contributed by atoms with E-state index in [0.717, 1.165) is 13.0 Å². The third kappa shape index (κ3) is 11.4. The normalized spacial score (nSPS) is 13.7. The molecule has 0 saturated heterocycles. The van der Waals surface area contributed by atoms with E-state index in [4.69, 9.17) is 4.74 Å². The molecule has 19 heavy (non-hydrogen) atoms. The van der Waals surface area contributed by atoms with Crippen LogP contribution in [0, 0.1) is 0 Å².